The molecule has 12 nitrogen and oxygen atoms in total. The van der Waals surface area contributed by atoms with E-state index in [1.165, 1.54) is 77.0 Å². The first-order chi connectivity index (χ1) is 37.3. The molecule has 402 valence electrons. The van der Waals surface area contributed by atoms with Crippen LogP contribution in [0.15, 0.2) is 154 Å². The van der Waals surface area contributed by atoms with Gasteiger partial charge in [0.25, 0.3) is 0 Å². The molecule has 0 aliphatic rings. The smallest absolute Gasteiger partial charge is 0.343 e. The molecule has 0 aliphatic heterocycles. The van der Waals surface area contributed by atoms with Crippen LogP contribution in [0.25, 0.3) is 0 Å². The number of hydrogen-bond acceptors (Lipinski definition) is 12. The summed E-state index contributed by atoms with van der Waals surface area (Å²) in [6.07, 6.45) is 20.8. The SMILES string of the molecule is CCCCCCCCCCOc1ccc(C(=O)Oc2ccc(N=Nc3ccc(Cl)cc3)c(OCCCCOc3cc(OC(=O)c4ccc(OCCCCCCCCCC)cc4)ccc3N=Nc3ccc(Cl)cc3)c2)cc1. The summed E-state index contributed by atoms with van der Waals surface area (Å²) >= 11 is 12.2. The van der Waals surface area contributed by atoms with Crippen molar-refractivity contribution >= 4 is 57.9 Å². The zero-order valence-corrected chi connectivity index (χ0v) is 45.6. The Hall–Kier alpha value is -6.76. The zero-order chi connectivity index (χ0) is 53.4. The highest BCUT2D eigenvalue weighted by molar-refractivity contribution is 6.30. The average molecular weight is 1070 g/mol. The molecule has 0 unspecified atom stereocenters. The standard InChI is InChI=1S/C62H72Cl2N4O8/c1-3-5-7-9-11-13-15-17-41-71-53-33-21-47(22-34-53)61(69)75-55-37-39-57(67-65-51-29-25-49(63)26-30-51)59(45-55)73-43-19-20-44-74-60-46-56(38-40-58(60)68-66-52-31-27-50(64)28-32-52)76-62(70)48-23-35-54(36-24-48)72-42-18-16-14-12-10-8-6-4-2/h21-40,45-46H,3-20,41-44H2,1-2H3. The van der Waals surface area contributed by atoms with Gasteiger partial charge in [-0.25, -0.2) is 9.59 Å². The quantitative estimate of drug-likeness (QED) is 0.0166. The molecule has 6 rings (SSSR count). The summed E-state index contributed by atoms with van der Waals surface area (Å²) in [5.41, 5.74) is 2.83. The van der Waals surface area contributed by atoms with Crippen LogP contribution in [0, 0.1) is 0 Å². The van der Waals surface area contributed by atoms with Gasteiger partial charge in [0.15, 0.2) is 11.5 Å². The molecule has 0 spiro atoms. The molecule has 0 radical (unpaired) electrons. The van der Waals surface area contributed by atoms with Gasteiger partial charge in [-0.05, 0) is 147 Å². The van der Waals surface area contributed by atoms with E-state index in [0.29, 0.717) is 93.0 Å². The molecule has 0 aliphatic carbocycles. The van der Waals surface area contributed by atoms with Crippen molar-refractivity contribution in [3.8, 4) is 34.5 Å². The van der Waals surface area contributed by atoms with Crippen molar-refractivity contribution in [1.82, 2.24) is 0 Å². The van der Waals surface area contributed by atoms with Crippen LogP contribution in [0.5, 0.6) is 34.5 Å². The van der Waals surface area contributed by atoms with Crippen LogP contribution in [0.4, 0.5) is 22.7 Å². The van der Waals surface area contributed by atoms with Crippen molar-refractivity contribution in [2.24, 2.45) is 20.5 Å². The fourth-order valence-corrected chi connectivity index (χ4v) is 8.13. The summed E-state index contributed by atoms with van der Waals surface area (Å²) in [6.45, 7) is 6.28. The normalized spacial score (nSPS) is 11.3. The molecular weight excluding hydrogens is 1000 g/mol. The van der Waals surface area contributed by atoms with Crippen molar-refractivity contribution in [3.63, 3.8) is 0 Å². The lowest BCUT2D eigenvalue weighted by atomic mass is 10.1. The van der Waals surface area contributed by atoms with Gasteiger partial charge in [0.1, 0.15) is 34.4 Å². The summed E-state index contributed by atoms with van der Waals surface area (Å²) in [6, 6.07) is 37.8. The van der Waals surface area contributed by atoms with Crippen LogP contribution in [-0.2, 0) is 0 Å². The summed E-state index contributed by atoms with van der Waals surface area (Å²) in [4.78, 5) is 26.6. The number of carbonyl (C=O) groups is 2. The second-order valence-electron chi connectivity index (χ2n) is 18.5. The number of ether oxygens (including phenoxy) is 6. The average Bonchev–Trinajstić information content (AvgIpc) is 3.44. The molecule has 6 aromatic carbocycles. The largest absolute Gasteiger partial charge is 0.494 e. The van der Waals surface area contributed by atoms with Gasteiger partial charge in [-0.1, -0.05) is 127 Å². The molecule has 14 heteroatoms. The number of unbranched alkanes of at least 4 members (excludes halogenated alkanes) is 15. The second kappa shape index (κ2) is 34.0. The maximum absolute atomic E-state index is 13.3. The lowest BCUT2D eigenvalue weighted by molar-refractivity contribution is 0.0724. The molecule has 76 heavy (non-hydrogen) atoms. The summed E-state index contributed by atoms with van der Waals surface area (Å²) in [5.74, 6) is 1.66. The van der Waals surface area contributed by atoms with E-state index in [9.17, 15) is 9.59 Å². The Balaban J connectivity index is 1.03. The van der Waals surface area contributed by atoms with Gasteiger partial charge in [-0.15, -0.1) is 10.2 Å². The summed E-state index contributed by atoms with van der Waals surface area (Å²) in [7, 11) is 0. The van der Waals surface area contributed by atoms with Crippen LogP contribution >= 0.6 is 23.2 Å². The maximum atomic E-state index is 13.3. The van der Waals surface area contributed by atoms with E-state index in [1.807, 2.05) is 0 Å². The van der Waals surface area contributed by atoms with E-state index in [1.54, 1.807) is 133 Å². The van der Waals surface area contributed by atoms with E-state index in [0.717, 1.165) is 25.7 Å². The van der Waals surface area contributed by atoms with Crippen molar-refractivity contribution in [2.45, 2.75) is 129 Å². The number of esters is 2. The molecule has 0 saturated carbocycles. The highest BCUT2D eigenvalue weighted by atomic mass is 35.5. The molecular formula is C62H72Cl2N4O8. The highest BCUT2D eigenvalue weighted by Crippen LogP contribution is 2.36. The monoisotopic (exact) mass is 1070 g/mol. The maximum Gasteiger partial charge on any atom is 0.343 e. The van der Waals surface area contributed by atoms with Crippen LogP contribution in [0.1, 0.15) is 150 Å². The number of hydrogen-bond donors (Lipinski definition) is 0. The predicted molar refractivity (Wildman–Crippen MR) is 303 cm³/mol. The lowest BCUT2D eigenvalue weighted by Gasteiger charge is -2.13. The zero-order valence-electron chi connectivity index (χ0n) is 44.1. The Morgan fingerprint density at radius 2 is 0.671 bits per heavy atom. The Kier molecular flexibility index (Phi) is 26.2. The Morgan fingerprint density at radius 3 is 1.04 bits per heavy atom. The van der Waals surface area contributed by atoms with Crippen LogP contribution in [0.3, 0.4) is 0 Å². The summed E-state index contributed by atoms with van der Waals surface area (Å²) in [5, 5.41) is 18.8. The van der Waals surface area contributed by atoms with Gasteiger partial charge < -0.3 is 28.4 Å². The fraction of sp³-hybridized carbons (Fsp3) is 0.387. The molecule has 0 atom stereocenters. The molecule has 0 fully saturated rings. The van der Waals surface area contributed by atoms with Gasteiger partial charge in [-0.2, -0.15) is 10.2 Å². The van der Waals surface area contributed by atoms with Crippen molar-refractivity contribution in [2.75, 3.05) is 26.4 Å². The Labute approximate surface area is 459 Å². The van der Waals surface area contributed by atoms with Gasteiger partial charge in [0, 0.05) is 22.2 Å². The van der Waals surface area contributed by atoms with Crippen LogP contribution < -0.4 is 28.4 Å². The Morgan fingerprint density at radius 1 is 0.355 bits per heavy atom. The molecule has 0 amide bonds. The van der Waals surface area contributed by atoms with E-state index in [4.69, 9.17) is 51.6 Å². The highest BCUT2D eigenvalue weighted by Gasteiger charge is 2.15. The number of rotatable bonds is 35. The number of halogens is 2. The number of benzene rings is 6. The number of azo groups is 2. The van der Waals surface area contributed by atoms with Crippen molar-refractivity contribution < 1.29 is 38.0 Å². The van der Waals surface area contributed by atoms with Crippen molar-refractivity contribution in [3.05, 3.63) is 155 Å². The number of nitrogens with zero attached hydrogens (tertiary/aromatic N) is 4. The second-order valence-corrected chi connectivity index (χ2v) is 19.4. The Bertz CT molecular complexity index is 2510. The van der Waals surface area contributed by atoms with E-state index in [2.05, 4.69) is 34.3 Å². The first-order valence-corrected chi connectivity index (χ1v) is 27.8. The van der Waals surface area contributed by atoms with E-state index < -0.39 is 11.9 Å². The third-order valence-electron chi connectivity index (χ3n) is 12.3. The minimum Gasteiger partial charge on any atom is -0.494 e. The predicted octanol–water partition coefficient (Wildman–Crippen LogP) is 19.5. The molecule has 0 bridgehead atoms. The number of carbonyl (C=O) groups excluding carboxylic acids is 2. The third kappa shape index (κ3) is 21.8. The topological polar surface area (TPSA) is 139 Å². The molecule has 6 aromatic rings. The van der Waals surface area contributed by atoms with Crippen molar-refractivity contribution in [1.29, 1.82) is 0 Å². The van der Waals surface area contributed by atoms with Crippen LogP contribution in [0.2, 0.25) is 10.0 Å². The van der Waals surface area contributed by atoms with Gasteiger partial charge in [0.2, 0.25) is 0 Å². The summed E-state index contributed by atoms with van der Waals surface area (Å²) < 4.78 is 36.0. The lowest BCUT2D eigenvalue weighted by Crippen LogP contribution is -2.09. The van der Waals surface area contributed by atoms with Gasteiger partial charge >= 0.3 is 11.9 Å². The van der Waals surface area contributed by atoms with E-state index >= 15 is 0 Å². The first kappa shape index (κ1) is 58.5. The first-order valence-electron chi connectivity index (χ1n) is 27.0. The molecule has 0 aromatic heterocycles. The minimum atomic E-state index is -0.525. The van der Waals surface area contributed by atoms with E-state index in [-0.39, 0.29) is 24.7 Å². The van der Waals surface area contributed by atoms with Crippen LogP contribution in [-0.4, -0.2) is 38.4 Å². The fourth-order valence-electron chi connectivity index (χ4n) is 7.88. The minimum absolute atomic E-state index is 0.272. The molecule has 0 saturated heterocycles. The third-order valence-corrected chi connectivity index (χ3v) is 12.8. The molecule has 0 heterocycles. The van der Waals surface area contributed by atoms with Gasteiger partial charge in [0.05, 0.1) is 48.9 Å². The molecule has 0 N–H and O–H groups in total. The van der Waals surface area contributed by atoms with Gasteiger partial charge in [-0.3, -0.25) is 0 Å².